The summed E-state index contributed by atoms with van der Waals surface area (Å²) in [5, 5.41) is 2.80. The third-order valence-corrected chi connectivity index (χ3v) is 5.47. The Kier molecular flexibility index (Phi) is 5.65. The number of amides is 1. The molecule has 0 unspecified atom stereocenters. The van der Waals surface area contributed by atoms with E-state index in [-0.39, 0.29) is 16.8 Å². The van der Waals surface area contributed by atoms with Crippen molar-refractivity contribution in [1.29, 1.82) is 0 Å². The second-order valence-electron chi connectivity index (χ2n) is 6.80. The summed E-state index contributed by atoms with van der Waals surface area (Å²) in [7, 11) is -3.81. The smallest absolute Gasteiger partial charge is 0.264 e. The standard InChI is InChI=1S/C18H24N4O3S/c1-6-18(4,5)16(23)21-14-7-9-15(10-8-14)26(24,25)22-17-19-12(2)11-13(3)20-17/h7-11H,6H2,1-5H3,(H,21,23)(H,19,20,22). The van der Waals surface area contributed by atoms with E-state index in [9.17, 15) is 13.2 Å². The number of hydrogen-bond acceptors (Lipinski definition) is 5. The molecular weight excluding hydrogens is 352 g/mol. The first kappa shape index (κ1) is 19.8. The molecule has 140 valence electrons. The van der Waals surface area contributed by atoms with Crippen LogP contribution in [0.2, 0.25) is 0 Å². The minimum Gasteiger partial charge on any atom is -0.326 e. The lowest BCUT2D eigenvalue weighted by Crippen LogP contribution is -2.29. The van der Waals surface area contributed by atoms with Crippen LogP contribution in [-0.2, 0) is 14.8 Å². The summed E-state index contributed by atoms with van der Waals surface area (Å²) in [6.07, 6.45) is 0.700. The van der Waals surface area contributed by atoms with E-state index < -0.39 is 15.4 Å². The minimum absolute atomic E-state index is 0.0320. The second-order valence-corrected chi connectivity index (χ2v) is 8.48. The number of anilines is 2. The first-order chi connectivity index (χ1) is 12.0. The maximum Gasteiger partial charge on any atom is 0.264 e. The highest BCUT2D eigenvalue weighted by molar-refractivity contribution is 7.92. The average Bonchev–Trinajstić information content (AvgIpc) is 2.53. The molecule has 0 saturated heterocycles. The Morgan fingerprint density at radius 1 is 1.08 bits per heavy atom. The predicted octanol–water partition coefficient (Wildman–Crippen LogP) is 3.27. The van der Waals surface area contributed by atoms with E-state index in [0.717, 1.165) is 0 Å². The Bertz CT molecular complexity index is 886. The number of sulfonamides is 1. The highest BCUT2D eigenvalue weighted by Crippen LogP contribution is 2.23. The fourth-order valence-electron chi connectivity index (χ4n) is 2.13. The van der Waals surface area contributed by atoms with E-state index in [1.165, 1.54) is 12.1 Å². The molecule has 0 spiro atoms. The molecule has 1 heterocycles. The molecule has 1 aromatic heterocycles. The van der Waals surface area contributed by atoms with Gasteiger partial charge in [0, 0.05) is 22.5 Å². The van der Waals surface area contributed by atoms with E-state index >= 15 is 0 Å². The summed E-state index contributed by atoms with van der Waals surface area (Å²) in [5.41, 5.74) is 1.39. The van der Waals surface area contributed by atoms with E-state index in [1.54, 1.807) is 32.0 Å². The largest absolute Gasteiger partial charge is 0.326 e. The Morgan fingerprint density at radius 2 is 1.62 bits per heavy atom. The summed E-state index contributed by atoms with van der Waals surface area (Å²) in [6.45, 7) is 9.18. The van der Waals surface area contributed by atoms with Crippen LogP contribution >= 0.6 is 0 Å². The van der Waals surface area contributed by atoms with Gasteiger partial charge in [-0.15, -0.1) is 0 Å². The van der Waals surface area contributed by atoms with Gasteiger partial charge in [0.05, 0.1) is 4.90 Å². The molecule has 0 bridgehead atoms. The van der Waals surface area contributed by atoms with Crippen molar-refractivity contribution in [2.75, 3.05) is 10.0 Å². The summed E-state index contributed by atoms with van der Waals surface area (Å²) < 4.78 is 27.3. The number of carbonyl (C=O) groups is 1. The highest BCUT2D eigenvalue weighted by Gasteiger charge is 2.25. The van der Waals surface area contributed by atoms with Gasteiger partial charge < -0.3 is 5.32 Å². The van der Waals surface area contributed by atoms with E-state index in [2.05, 4.69) is 20.0 Å². The van der Waals surface area contributed by atoms with Crippen LogP contribution in [0.1, 0.15) is 38.6 Å². The molecule has 8 heteroatoms. The van der Waals surface area contributed by atoms with Crippen LogP contribution < -0.4 is 10.0 Å². The Balaban J connectivity index is 2.17. The fourth-order valence-corrected chi connectivity index (χ4v) is 3.07. The summed E-state index contributed by atoms with van der Waals surface area (Å²) in [6, 6.07) is 7.73. The quantitative estimate of drug-likeness (QED) is 0.806. The number of aryl methyl sites for hydroxylation is 2. The van der Waals surface area contributed by atoms with Crippen LogP contribution in [0.3, 0.4) is 0 Å². The third-order valence-electron chi connectivity index (χ3n) is 4.13. The number of hydrogen-bond donors (Lipinski definition) is 2. The van der Waals surface area contributed by atoms with E-state index in [0.29, 0.717) is 23.5 Å². The first-order valence-electron chi connectivity index (χ1n) is 8.30. The molecule has 0 aliphatic rings. The van der Waals surface area contributed by atoms with Crippen molar-refractivity contribution in [3.63, 3.8) is 0 Å². The summed E-state index contributed by atoms with van der Waals surface area (Å²) in [4.78, 5) is 20.4. The molecular formula is C18H24N4O3S. The number of carbonyl (C=O) groups excluding carboxylic acids is 1. The van der Waals surface area contributed by atoms with Crippen molar-refractivity contribution in [3.8, 4) is 0 Å². The van der Waals surface area contributed by atoms with Crippen LogP contribution in [0.25, 0.3) is 0 Å². The van der Waals surface area contributed by atoms with Crippen molar-refractivity contribution >= 4 is 27.6 Å². The molecule has 1 amide bonds. The lowest BCUT2D eigenvalue weighted by Gasteiger charge is -2.21. The summed E-state index contributed by atoms with van der Waals surface area (Å²) in [5.74, 6) is -0.0815. The third kappa shape index (κ3) is 4.78. The van der Waals surface area contributed by atoms with Crippen molar-refractivity contribution in [2.24, 2.45) is 5.41 Å². The van der Waals surface area contributed by atoms with Crippen LogP contribution in [0, 0.1) is 19.3 Å². The average molecular weight is 376 g/mol. The topological polar surface area (TPSA) is 101 Å². The van der Waals surface area contributed by atoms with Gasteiger partial charge >= 0.3 is 0 Å². The van der Waals surface area contributed by atoms with Gasteiger partial charge in [-0.05, 0) is 50.6 Å². The SMILES string of the molecule is CCC(C)(C)C(=O)Nc1ccc(S(=O)(=O)Nc2nc(C)cc(C)n2)cc1. The lowest BCUT2D eigenvalue weighted by atomic mass is 9.89. The van der Waals surface area contributed by atoms with Crippen molar-refractivity contribution in [1.82, 2.24) is 9.97 Å². The van der Waals surface area contributed by atoms with E-state index in [1.807, 2.05) is 20.8 Å². The molecule has 2 N–H and O–H groups in total. The molecule has 0 aliphatic heterocycles. The zero-order valence-corrected chi connectivity index (χ0v) is 16.4. The molecule has 1 aromatic carbocycles. The molecule has 0 radical (unpaired) electrons. The van der Waals surface area contributed by atoms with E-state index in [4.69, 9.17) is 0 Å². The summed E-state index contributed by atoms with van der Waals surface area (Å²) >= 11 is 0. The maximum absolute atomic E-state index is 12.5. The molecule has 0 saturated carbocycles. The van der Waals surface area contributed by atoms with Crippen LogP contribution in [0.5, 0.6) is 0 Å². The number of nitrogens with zero attached hydrogens (tertiary/aromatic N) is 2. The zero-order valence-electron chi connectivity index (χ0n) is 15.6. The maximum atomic E-state index is 12.5. The van der Waals surface area contributed by atoms with Crippen LogP contribution in [0.4, 0.5) is 11.6 Å². The Hall–Kier alpha value is -2.48. The van der Waals surface area contributed by atoms with Gasteiger partial charge in [-0.1, -0.05) is 20.8 Å². The van der Waals surface area contributed by atoms with Crippen LogP contribution in [-0.4, -0.2) is 24.3 Å². The second kappa shape index (κ2) is 7.41. The molecule has 2 rings (SSSR count). The monoisotopic (exact) mass is 376 g/mol. The van der Waals surface area contributed by atoms with Gasteiger partial charge in [0.1, 0.15) is 0 Å². The molecule has 26 heavy (non-hydrogen) atoms. The Morgan fingerprint density at radius 3 is 2.12 bits per heavy atom. The highest BCUT2D eigenvalue weighted by atomic mass is 32.2. The molecule has 0 fully saturated rings. The fraction of sp³-hybridized carbons (Fsp3) is 0.389. The number of aromatic nitrogens is 2. The number of nitrogens with one attached hydrogen (secondary N) is 2. The van der Waals surface area contributed by atoms with Crippen molar-refractivity contribution in [2.45, 2.75) is 45.9 Å². The van der Waals surface area contributed by atoms with Gasteiger partial charge in [0.2, 0.25) is 11.9 Å². The molecule has 0 aliphatic carbocycles. The van der Waals surface area contributed by atoms with Gasteiger partial charge in [0.25, 0.3) is 10.0 Å². The first-order valence-corrected chi connectivity index (χ1v) is 9.78. The number of benzene rings is 1. The van der Waals surface area contributed by atoms with Crippen LogP contribution in [0.15, 0.2) is 35.2 Å². The van der Waals surface area contributed by atoms with Gasteiger partial charge in [0.15, 0.2) is 0 Å². The Labute approximate surface area is 154 Å². The van der Waals surface area contributed by atoms with Crippen molar-refractivity contribution < 1.29 is 13.2 Å². The zero-order chi connectivity index (χ0) is 19.5. The molecule has 0 atom stereocenters. The molecule has 7 nitrogen and oxygen atoms in total. The van der Waals surface area contributed by atoms with Gasteiger partial charge in [-0.2, -0.15) is 0 Å². The normalized spacial score (nSPS) is 11.9. The van der Waals surface area contributed by atoms with Gasteiger partial charge in [-0.25, -0.2) is 23.1 Å². The lowest BCUT2D eigenvalue weighted by molar-refractivity contribution is -0.124. The molecule has 2 aromatic rings. The van der Waals surface area contributed by atoms with Crippen molar-refractivity contribution in [3.05, 3.63) is 41.7 Å². The number of rotatable bonds is 6. The van der Waals surface area contributed by atoms with Gasteiger partial charge in [-0.3, -0.25) is 4.79 Å². The minimum atomic E-state index is -3.81. The predicted molar refractivity (Wildman–Crippen MR) is 101 cm³/mol.